The van der Waals surface area contributed by atoms with Crippen LogP contribution in [-0.4, -0.2) is 53.9 Å². The fourth-order valence-electron chi connectivity index (χ4n) is 4.88. The molecule has 40 heavy (non-hydrogen) atoms. The number of likely N-dealkylation sites (tertiary alicyclic amines) is 1. The number of pyridine rings is 1. The Kier molecular flexibility index (Phi) is 6.60. The second-order valence-corrected chi connectivity index (χ2v) is 13.2. The number of aryl methyl sites for hydroxylation is 1. The number of hydrogen-bond acceptors (Lipinski definition) is 7. The number of ether oxygens (including phenoxy) is 1. The minimum Gasteiger partial charge on any atom is -0.425 e. The van der Waals surface area contributed by atoms with E-state index in [1.807, 2.05) is 6.07 Å². The predicted molar refractivity (Wildman–Crippen MR) is 135 cm³/mol. The number of nitrogens with one attached hydrogen (secondary N) is 1. The van der Waals surface area contributed by atoms with Gasteiger partial charge in [-0.2, -0.15) is 18.4 Å². The van der Waals surface area contributed by atoms with Crippen molar-refractivity contribution >= 4 is 21.8 Å². The average molecular weight is 577 g/mol. The molecule has 1 aromatic carbocycles. The van der Waals surface area contributed by atoms with Gasteiger partial charge in [0.1, 0.15) is 5.54 Å². The smallest absolute Gasteiger partial charge is 0.417 e. The van der Waals surface area contributed by atoms with Gasteiger partial charge in [0.05, 0.1) is 21.8 Å². The molecule has 2 aliphatic carbocycles. The molecule has 2 heterocycles. The van der Waals surface area contributed by atoms with Gasteiger partial charge in [-0.15, -0.1) is 0 Å². The number of carbonyl (C=O) groups is 2. The summed E-state index contributed by atoms with van der Waals surface area (Å²) >= 11 is 0. The van der Waals surface area contributed by atoms with Gasteiger partial charge < -0.3 is 15.0 Å². The van der Waals surface area contributed by atoms with E-state index in [2.05, 4.69) is 10.3 Å². The Balaban J connectivity index is 1.46. The third-order valence-electron chi connectivity index (χ3n) is 7.80. The van der Waals surface area contributed by atoms with Crippen molar-refractivity contribution < 1.29 is 35.9 Å². The summed E-state index contributed by atoms with van der Waals surface area (Å²) in [5.74, 6) is -0.427. The fraction of sp³-hybridized carbons (Fsp3) is 0.481. The van der Waals surface area contributed by atoms with Gasteiger partial charge in [0.15, 0.2) is 16.1 Å². The largest absolute Gasteiger partial charge is 0.425 e. The summed E-state index contributed by atoms with van der Waals surface area (Å²) in [7, 11) is -4.64. The van der Waals surface area contributed by atoms with Crippen LogP contribution >= 0.6 is 0 Å². The molecule has 0 bridgehead atoms. The summed E-state index contributed by atoms with van der Waals surface area (Å²) in [6.45, 7) is 2.96. The van der Waals surface area contributed by atoms with Crippen molar-refractivity contribution in [2.45, 2.75) is 74.0 Å². The van der Waals surface area contributed by atoms with Crippen LogP contribution in [0.1, 0.15) is 50.3 Å². The Morgan fingerprint density at radius 1 is 1.15 bits per heavy atom. The number of carbonyl (C=O) groups excluding carboxylic acids is 2. The zero-order valence-electron chi connectivity index (χ0n) is 21.8. The van der Waals surface area contributed by atoms with Crippen molar-refractivity contribution in [2.75, 3.05) is 6.54 Å². The van der Waals surface area contributed by atoms with E-state index < -0.39 is 73.9 Å². The molecule has 1 aliphatic heterocycles. The fourth-order valence-corrected chi connectivity index (χ4v) is 6.76. The molecular weight excluding hydrogens is 549 g/mol. The molecule has 2 saturated carbocycles. The molecular formula is C27H27F3N4O5S. The van der Waals surface area contributed by atoms with Crippen LogP contribution in [0.5, 0.6) is 0 Å². The van der Waals surface area contributed by atoms with Crippen LogP contribution in [0.2, 0.25) is 0 Å². The Morgan fingerprint density at radius 2 is 1.82 bits per heavy atom. The Morgan fingerprint density at radius 3 is 2.40 bits per heavy atom. The summed E-state index contributed by atoms with van der Waals surface area (Å²) in [5.41, 5.74) is -1.93. The highest BCUT2D eigenvalue weighted by Crippen LogP contribution is 2.48. The van der Waals surface area contributed by atoms with Crippen LogP contribution in [0.25, 0.3) is 11.1 Å². The average Bonchev–Trinajstić information content (AvgIpc) is 3.80. The Labute approximate surface area is 229 Å². The zero-order valence-corrected chi connectivity index (χ0v) is 22.6. The number of nitriles is 1. The molecule has 3 fully saturated rings. The highest BCUT2D eigenvalue weighted by atomic mass is 32.2. The molecule has 2 atom stereocenters. The number of alkyl carbamates (subject to hydrolysis) is 1. The van der Waals surface area contributed by atoms with Crippen molar-refractivity contribution in [3.05, 3.63) is 47.8 Å². The van der Waals surface area contributed by atoms with Crippen LogP contribution in [0.3, 0.4) is 0 Å². The van der Waals surface area contributed by atoms with Gasteiger partial charge in [-0.1, -0.05) is 13.0 Å². The molecule has 5 rings (SSSR count). The van der Waals surface area contributed by atoms with Crippen LogP contribution in [0.15, 0.2) is 41.4 Å². The van der Waals surface area contributed by atoms with E-state index in [1.54, 1.807) is 19.9 Å². The van der Waals surface area contributed by atoms with E-state index in [0.717, 1.165) is 17.0 Å². The van der Waals surface area contributed by atoms with Crippen LogP contribution < -0.4 is 5.32 Å². The lowest BCUT2D eigenvalue weighted by Crippen LogP contribution is -2.45. The summed E-state index contributed by atoms with van der Waals surface area (Å²) < 4.78 is 75.4. The van der Waals surface area contributed by atoms with E-state index in [4.69, 9.17) is 4.74 Å². The molecule has 9 nitrogen and oxygen atoms in total. The van der Waals surface area contributed by atoms with Crippen molar-refractivity contribution in [2.24, 2.45) is 5.41 Å². The highest BCUT2D eigenvalue weighted by molar-refractivity contribution is 7.92. The molecule has 0 radical (unpaired) electrons. The number of alkyl halides is 3. The number of hydrogen-bond donors (Lipinski definition) is 1. The normalized spacial score (nSPS) is 22.8. The summed E-state index contributed by atoms with van der Waals surface area (Å²) in [4.78, 5) is 30.0. The molecule has 0 unspecified atom stereocenters. The van der Waals surface area contributed by atoms with Gasteiger partial charge in [0, 0.05) is 30.3 Å². The zero-order chi connectivity index (χ0) is 29.1. The summed E-state index contributed by atoms with van der Waals surface area (Å²) in [6, 6.07) is 8.12. The SMILES string of the molecule is Cc1cc(-c2ccc(S(=O)(=O)[C@@H]3C[C@H](OC(=O)NC4(C#N)CC4)N(C(=O)C4(C)CC4)C3)c(C(F)(F)F)c2)ccn1. The third kappa shape index (κ3) is 5.24. The van der Waals surface area contributed by atoms with Crippen molar-refractivity contribution in [1.82, 2.24) is 15.2 Å². The van der Waals surface area contributed by atoms with Crippen LogP contribution in [-0.2, 0) is 25.5 Å². The molecule has 1 aromatic heterocycles. The number of amides is 2. The quantitative estimate of drug-likeness (QED) is 0.541. The van der Waals surface area contributed by atoms with E-state index in [0.29, 0.717) is 36.9 Å². The molecule has 3 aliphatic rings. The number of rotatable bonds is 6. The van der Waals surface area contributed by atoms with Crippen LogP contribution in [0.4, 0.5) is 18.0 Å². The number of halogens is 3. The Hall–Kier alpha value is -3.66. The lowest BCUT2D eigenvalue weighted by atomic mass is 10.0. The minimum absolute atomic E-state index is 0.172. The number of aromatic nitrogens is 1. The number of benzene rings is 1. The van der Waals surface area contributed by atoms with Crippen molar-refractivity contribution in [1.29, 1.82) is 5.26 Å². The van der Waals surface area contributed by atoms with Gasteiger partial charge in [-0.05, 0) is 68.0 Å². The molecule has 2 aromatic rings. The van der Waals surface area contributed by atoms with E-state index in [1.165, 1.54) is 18.3 Å². The van der Waals surface area contributed by atoms with E-state index in [-0.39, 0.29) is 5.56 Å². The minimum atomic E-state index is -4.98. The van der Waals surface area contributed by atoms with Crippen molar-refractivity contribution in [3.63, 3.8) is 0 Å². The van der Waals surface area contributed by atoms with Crippen molar-refractivity contribution in [3.8, 4) is 17.2 Å². The molecule has 1 N–H and O–H groups in total. The topological polar surface area (TPSA) is 129 Å². The third-order valence-corrected chi connectivity index (χ3v) is 9.99. The molecule has 212 valence electrons. The number of nitrogens with zero attached hydrogens (tertiary/aromatic N) is 3. The van der Waals surface area contributed by atoms with E-state index in [9.17, 15) is 36.4 Å². The van der Waals surface area contributed by atoms with Gasteiger partial charge in [0.25, 0.3) is 0 Å². The molecule has 13 heteroatoms. The maximum atomic E-state index is 14.2. The lowest BCUT2D eigenvalue weighted by molar-refractivity contribution is -0.143. The first kappa shape index (κ1) is 27.9. The van der Waals surface area contributed by atoms with E-state index >= 15 is 0 Å². The molecule has 1 saturated heterocycles. The molecule has 0 spiro atoms. The number of sulfone groups is 1. The second kappa shape index (κ2) is 9.47. The van der Waals surface area contributed by atoms with Crippen LogP contribution in [0, 0.1) is 23.7 Å². The maximum absolute atomic E-state index is 14.2. The van der Waals surface area contributed by atoms with Gasteiger partial charge >= 0.3 is 12.3 Å². The van der Waals surface area contributed by atoms with Gasteiger partial charge in [-0.3, -0.25) is 9.78 Å². The van der Waals surface area contributed by atoms with Gasteiger partial charge in [0.2, 0.25) is 5.91 Å². The first-order valence-electron chi connectivity index (χ1n) is 12.8. The molecule has 2 amide bonds. The Bertz CT molecular complexity index is 1530. The second-order valence-electron chi connectivity index (χ2n) is 11.0. The lowest BCUT2D eigenvalue weighted by Gasteiger charge is -2.27. The summed E-state index contributed by atoms with van der Waals surface area (Å²) in [6.07, 6.45) is -4.27. The van der Waals surface area contributed by atoms with Gasteiger partial charge in [-0.25, -0.2) is 13.2 Å². The first-order valence-corrected chi connectivity index (χ1v) is 14.3. The monoisotopic (exact) mass is 576 g/mol. The predicted octanol–water partition coefficient (Wildman–Crippen LogP) is 4.36. The summed E-state index contributed by atoms with van der Waals surface area (Å²) in [5, 5.41) is 10.2. The highest BCUT2D eigenvalue weighted by Gasteiger charge is 2.54. The maximum Gasteiger partial charge on any atom is 0.417 e. The first-order chi connectivity index (χ1) is 18.7. The standard InChI is InChI=1S/C27H27F3N4O5S/c1-16-11-18(5-10-32-16)17-3-4-21(20(12-17)27(28,29)30)40(37,38)19-13-22(34(14-19)23(35)25(2)6-7-25)39-24(36)33-26(15-31)8-9-26/h3-5,10-12,19,22H,6-9,13-14H2,1-2H3,(H,33,36)/t19-,22+/m1/s1.